The van der Waals surface area contributed by atoms with Crippen LogP contribution in [0.3, 0.4) is 0 Å². The molecule has 2 atom stereocenters. The second-order valence-corrected chi connectivity index (χ2v) is 13.5. The number of methoxy groups -OCH3 is 2. The van der Waals surface area contributed by atoms with Crippen molar-refractivity contribution < 1.29 is 37.0 Å². The largest absolute Gasteiger partial charge is 0.496 e. The van der Waals surface area contributed by atoms with Crippen LogP contribution in [0.4, 0.5) is 18.9 Å². The molecule has 0 saturated carbocycles. The molecule has 2 amide bonds. The number of halogens is 3. The molecule has 3 aromatic rings. The predicted molar refractivity (Wildman–Crippen MR) is 185 cm³/mol. The van der Waals surface area contributed by atoms with Gasteiger partial charge in [0.15, 0.2) is 6.10 Å². The number of benzene rings is 2. The van der Waals surface area contributed by atoms with Gasteiger partial charge in [-0.15, -0.1) is 0 Å². The number of carbonyl (C=O) groups is 2. The van der Waals surface area contributed by atoms with Gasteiger partial charge in [0.1, 0.15) is 23.1 Å². The molecular formula is C37H44F3N5O6. The first-order chi connectivity index (χ1) is 24.3. The highest BCUT2D eigenvalue weighted by Gasteiger charge is 2.48. The molecule has 3 saturated heterocycles. The van der Waals surface area contributed by atoms with Crippen LogP contribution >= 0.6 is 0 Å². The SMILES string of the molecule is COc1cc(-c2cn(C)c(=O)c(C)c2C)cc(OC)c1CN1CCC(N2CCN(c3ccc(OC4CCC(=O)NC4=O)cc3F)CC2)C(F)(F)C1. The molecule has 0 bridgehead atoms. The number of hydrogen-bond donors (Lipinski definition) is 1. The highest BCUT2D eigenvalue weighted by atomic mass is 19.3. The number of piperazine rings is 1. The second kappa shape index (κ2) is 14.6. The van der Waals surface area contributed by atoms with Crippen molar-refractivity contribution in [2.75, 3.05) is 58.4 Å². The molecule has 6 rings (SSSR count). The molecule has 0 radical (unpaired) electrons. The van der Waals surface area contributed by atoms with E-state index in [4.69, 9.17) is 14.2 Å². The summed E-state index contributed by atoms with van der Waals surface area (Å²) in [7, 11) is 4.78. The van der Waals surface area contributed by atoms with Gasteiger partial charge in [-0.25, -0.2) is 13.2 Å². The van der Waals surface area contributed by atoms with Gasteiger partial charge < -0.3 is 23.7 Å². The Labute approximate surface area is 294 Å². The lowest BCUT2D eigenvalue weighted by molar-refractivity contribution is -0.138. The Morgan fingerprint density at radius 3 is 2.22 bits per heavy atom. The zero-order valence-corrected chi connectivity index (χ0v) is 29.6. The van der Waals surface area contributed by atoms with E-state index in [0.29, 0.717) is 61.0 Å². The van der Waals surface area contributed by atoms with Gasteiger partial charge in [-0.2, -0.15) is 0 Å². The molecule has 0 aliphatic carbocycles. The number of aromatic nitrogens is 1. The van der Waals surface area contributed by atoms with Crippen LogP contribution in [0.1, 0.15) is 36.0 Å². The summed E-state index contributed by atoms with van der Waals surface area (Å²) in [5.74, 6) is -3.24. The van der Waals surface area contributed by atoms with E-state index in [1.54, 1.807) is 42.1 Å². The van der Waals surface area contributed by atoms with Crippen molar-refractivity contribution in [2.24, 2.45) is 7.05 Å². The van der Waals surface area contributed by atoms with Crippen molar-refractivity contribution in [2.45, 2.75) is 57.7 Å². The van der Waals surface area contributed by atoms with Gasteiger partial charge in [0.25, 0.3) is 17.4 Å². The predicted octanol–water partition coefficient (Wildman–Crippen LogP) is 4.04. The number of likely N-dealkylation sites (tertiary alicyclic amines) is 1. The van der Waals surface area contributed by atoms with Crippen LogP contribution in [0.15, 0.2) is 41.3 Å². The maximum absolute atomic E-state index is 15.9. The molecule has 14 heteroatoms. The quantitative estimate of drug-likeness (QED) is 0.330. The minimum Gasteiger partial charge on any atom is -0.496 e. The normalized spacial score (nSPS) is 21.4. The Balaban J connectivity index is 1.09. The Kier molecular flexibility index (Phi) is 10.4. The zero-order chi connectivity index (χ0) is 36.6. The third-order valence-corrected chi connectivity index (χ3v) is 10.4. The fourth-order valence-electron chi connectivity index (χ4n) is 7.41. The summed E-state index contributed by atoms with van der Waals surface area (Å²) in [6.07, 6.45) is 1.52. The number of nitrogens with one attached hydrogen (secondary N) is 1. The molecule has 1 aromatic heterocycles. The molecule has 274 valence electrons. The second-order valence-electron chi connectivity index (χ2n) is 13.5. The van der Waals surface area contributed by atoms with Crippen LogP contribution in [0.25, 0.3) is 11.1 Å². The summed E-state index contributed by atoms with van der Waals surface area (Å²) < 4.78 is 65.6. The van der Waals surface area contributed by atoms with E-state index >= 15 is 13.2 Å². The standard InChI is InChI=1S/C37H44F3N5O6/c1-22-23(2)36(48)42(3)19-26(22)24-16-31(49-4)27(32(17-24)50-5)20-43-11-10-33(37(39,40)21-43)45-14-12-44(13-15-45)29-7-6-25(18-28(29)38)51-30-8-9-34(46)41-35(30)47/h6-7,16-19,30,33H,8-15,20-21H2,1-5H3,(H,41,46,47). The number of amides is 2. The van der Waals surface area contributed by atoms with E-state index in [2.05, 4.69) is 5.32 Å². The van der Waals surface area contributed by atoms with Gasteiger partial charge in [0, 0.05) is 82.5 Å². The first-order valence-electron chi connectivity index (χ1n) is 17.1. The van der Waals surface area contributed by atoms with Crippen LogP contribution in [0.5, 0.6) is 17.2 Å². The van der Waals surface area contributed by atoms with Crippen molar-refractivity contribution in [3.05, 3.63) is 69.4 Å². The zero-order valence-electron chi connectivity index (χ0n) is 29.6. The maximum Gasteiger partial charge on any atom is 0.275 e. The number of ether oxygens (including phenoxy) is 3. The van der Waals surface area contributed by atoms with Gasteiger partial charge in [0.05, 0.1) is 38.1 Å². The number of pyridine rings is 1. The fourth-order valence-corrected chi connectivity index (χ4v) is 7.41. The van der Waals surface area contributed by atoms with Gasteiger partial charge >= 0.3 is 0 Å². The number of imide groups is 1. The Bertz CT molecular complexity index is 1850. The van der Waals surface area contributed by atoms with Gasteiger partial charge in [-0.05, 0) is 55.7 Å². The summed E-state index contributed by atoms with van der Waals surface area (Å²) in [6, 6.07) is 7.11. The van der Waals surface area contributed by atoms with Crippen molar-refractivity contribution in [1.29, 1.82) is 0 Å². The van der Waals surface area contributed by atoms with Crippen LogP contribution in [0, 0.1) is 19.7 Å². The van der Waals surface area contributed by atoms with Crippen LogP contribution < -0.4 is 30.0 Å². The number of nitrogens with zero attached hydrogens (tertiary/aromatic N) is 4. The number of alkyl halides is 2. The van der Waals surface area contributed by atoms with E-state index < -0.39 is 36.3 Å². The number of rotatable bonds is 9. The molecule has 51 heavy (non-hydrogen) atoms. The van der Waals surface area contributed by atoms with E-state index in [1.165, 1.54) is 24.9 Å². The number of piperidine rings is 2. The summed E-state index contributed by atoms with van der Waals surface area (Å²) in [5.41, 5.74) is 4.06. The Morgan fingerprint density at radius 2 is 1.61 bits per heavy atom. The van der Waals surface area contributed by atoms with Crippen LogP contribution in [-0.4, -0.2) is 97.7 Å². The van der Waals surface area contributed by atoms with Crippen molar-refractivity contribution >= 4 is 17.5 Å². The lowest BCUT2D eigenvalue weighted by Gasteiger charge is -2.46. The minimum absolute atomic E-state index is 0.0717. The Hall–Kier alpha value is -4.56. The van der Waals surface area contributed by atoms with Gasteiger partial charge in [-0.1, -0.05) is 0 Å². The summed E-state index contributed by atoms with van der Waals surface area (Å²) >= 11 is 0. The summed E-state index contributed by atoms with van der Waals surface area (Å²) in [5, 5.41) is 2.22. The molecule has 0 spiro atoms. The summed E-state index contributed by atoms with van der Waals surface area (Å²) in [4.78, 5) is 41.2. The van der Waals surface area contributed by atoms with Crippen molar-refractivity contribution in [1.82, 2.24) is 19.7 Å². The molecule has 3 aliphatic rings. The first-order valence-corrected chi connectivity index (χ1v) is 17.1. The molecule has 11 nitrogen and oxygen atoms in total. The molecule has 2 aromatic carbocycles. The molecular weight excluding hydrogens is 667 g/mol. The fraction of sp³-hybridized carbons (Fsp3) is 0.486. The van der Waals surface area contributed by atoms with Crippen LogP contribution in [0.2, 0.25) is 0 Å². The monoisotopic (exact) mass is 711 g/mol. The lowest BCUT2D eigenvalue weighted by Crippen LogP contribution is -2.61. The average Bonchev–Trinajstić information content (AvgIpc) is 3.10. The first kappa shape index (κ1) is 36.2. The highest BCUT2D eigenvalue weighted by Crippen LogP contribution is 2.39. The minimum atomic E-state index is -3.00. The van der Waals surface area contributed by atoms with Crippen molar-refractivity contribution in [3.63, 3.8) is 0 Å². The molecule has 3 aliphatic heterocycles. The number of anilines is 1. The van der Waals surface area contributed by atoms with E-state index in [1.807, 2.05) is 24.0 Å². The van der Waals surface area contributed by atoms with E-state index in [-0.39, 0.29) is 43.0 Å². The van der Waals surface area contributed by atoms with Crippen molar-refractivity contribution in [3.8, 4) is 28.4 Å². The topological polar surface area (TPSA) is 106 Å². The van der Waals surface area contributed by atoms with E-state index in [9.17, 15) is 14.4 Å². The van der Waals surface area contributed by atoms with E-state index in [0.717, 1.165) is 16.7 Å². The Morgan fingerprint density at radius 1 is 0.922 bits per heavy atom. The number of carbonyl (C=O) groups excluding carboxylic acids is 2. The number of hydrogen-bond acceptors (Lipinski definition) is 9. The molecule has 3 fully saturated rings. The maximum atomic E-state index is 15.9. The average molecular weight is 712 g/mol. The molecule has 1 N–H and O–H groups in total. The molecule has 4 heterocycles. The highest BCUT2D eigenvalue weighted by molar-refractivity contribution is 5.99. The third-order valence-electron chi connectivity index (χ3n) is 10.4. The smallest absolute Gasteiger partial charge is 0.275 e. The lowest BCUT2D eigenvalue weighted by atomic mass is 9.95. The van der Waals surface area contributed by atoms with Gasteiger partial charge in [0.2, 0.25) is 5.91 Å². The third kappa shape index (κ3) is 7.43. The molecule has 2 unspecified atom stereocenters. The number of aryl methyl sites for hydroxylation is 1. The summed E-state index contributed by atoms with van der Waals surface area (Å²) in [6.45, 7) is 5.33. The van der Waals surface area contributed by atoms with Crippen LogP contribution in [-0.2, 0) is 23.2 Å². The van der Waals surface area contributed by atoms with Gasteiger partial charge in [-0.3, -0.25) is 29.5 Å².